The summed E-state index contributed by atoms with van der Waals surface area (Å²) in [7, 11) is 0. The zero-order chi connectivity index (χ0) is 12.9. The summed E-state index contributed by atoms with van der Waals surface area (Å²) in [5.41, 5.74) is 0. The fourth-order valence-electron chi connectivity index (χ4n) is 0.935. The molecule has 0 aromatic heterocycles. The van der Waals surface area contributed by atoms with Gasteiger partial charge in [-0.15, -0.1) is 0 Å². The van der Waals surface area contributed by atoms with Crippen molar-refractivity contribution in [3.05, 3.63) is 0 Å². The molecule has 0 aliphatic carbocycles. The highest BCUT2D eigenvalue weighted by Crippen LogP contribution is 2.03. The molecule has 0 saturated heterocycles. The number of aliphatic hydroxyl groups excluding tert-OH is 4. The Morgan fingerprint density at radius 2 is 2.00 bits per heavy atom. The van der Waals surface area contributed by atoms with Crippen molar-refractivity contribution in [1.82, 2.24) is 5.31 Å². The molecule has 0 saturated carbocycles. The van der Waals surface area contributed by atoms with Crippen LogP contribution in [0.5, 0.6) is 0 Å². The third kappa shape index (κ3) is 4.34. The maximum Gasteiger partial charge on any atom is 0.217 e. The minimum absolute atomic E-state index is 0.104. The van der Waals surface area contributed by atoms with Crippen LogP contribution in [0.3, 0.4) is 0 Å². The number of aliphatic hydroxyl groups is 4. The summed E-state index contributed by atoms with van der Waals surface area (Å²) >= 11 is 0. The molecule has 15 heavy (non-hydrogen) atoms. The van der Waals surface area contributed by atoms with E-state index in [1.165, 1.54) is 0 Å². The van der Waals surface area contributed by atoms with E-state index < -0.39 is 36.9 Å². The maximum absolute atomic E-state index is 10.8. The second kappa shape index (κ2) is 6.46. The van der Waals surface area contributed by atoms with Gasteiger partial charge >= 0.3 is 0 Å². The molecule has 88 valence electrons. The lowest BCUT2D eigenvalue weighted by molar-refractivity contribution is -0.129. The topological polar surface area (TPSA) is 127 Å². The highest BCUT2D eigenvalue weighted by molar-refractivity contribution is 5.77. The molecule has 0 aromatic carbocycles. The Hall–Kier alpha value is -1.02. The Bertz CT molecular complexity index is 251. The summed E-state index contributed by atoms with van der Waals surface area (Å²) in [5.74, 6) is -0.804. The van der Waals surface area contributed by atoms with E-state index in [2.05, 4.69) is 0 Å². The van der Waals surface area contributed by atoms with Crippen LogP contribution >= 0.6 is 0 Å². The SMILES string of the molecule is [2H]N(C(C)=O)[C@@H](C=O)[C@@H](O)[C@H](O)[C@H](O)CO. The van der Waals surface area contributed by atoms with Gasteiger partial charge in [0.2, 0.25) is 5.91 Å². The summed E-state index contributed by atoms with van der Waals surface area (Å²) in [5, 5.41) is 36.4. The molecule has 7 heteroatoms. The van der Waals surface area contributed by atoms with Crippen LogP contribution in [0.15, 0.2) is 0 Å². The second-order valence-corrected chi connectivity index (χ2v) is 3.01. The number of carbonyl (C=O) groups excluding carboxylic acids is 2. The summed E-state index contributed by atoms with van der Waals surface area (Å²) in [6, 6.07) is -1.60. The van der Waals surface area contributed by atoms with Crippen molar-refractivity contribution in [2.75, 3.05) is 6.61 Å². The Balaban J connectivity index is 4.70. The molecule has 0 heterocycles. The third-order valence-electron chi connectivity index (χ3n) is 1.75. The average Bonchev–Trinajstić information content (AvgIpc) is 2.27. The predicted molar refractivity (Wildman–Crippen MR) is 48.8 cm³/mol. The first-order valence-corrected chi connectivity index (χ1v) is 4.25. The molecule has 7 nitrogen and oxygen atoms in total. The Morgan fingerprint density at radius 1 is 1.47 bits per heavy atom. The summed E-state index contributed by atoms with van der Waals surface area (Å²) in [6.07, 6.45) is -5.22. The lowest BCUT2D eigenvalue weighted by Gasteiger charge is -2.25. The van der Waals surface area contributed by atoms with Gasteiger partial charge < -0.3 is 30.5 Å². The smallest absolute Gasteiger partial charge is 0.217 e. The van der Waals surface area contributed by atoms with Crippen molar-refractivity contribution in [2.24, 2.45) is 0 Å². The molecule has 0 radical (unpaired) electrons. The quantitative estimate of drug-likeness (QED) is 0.301. The number of carbonyl (C=O) groups is 2. The minimum atomic E-state index is -1.85. The predicted octanol–water partition coefficient (Wildman–Crippen LogP) is -3.23. The lowest BCUT2D eigenvalue weighted by atomic mass is 10.0. The van der Waals surface area contributed by atoms with E-state index in [0.29, 0.717) is 0 Å². The molecule has 4 atom stereocenters. The van der Waals surface area contributed by atoms with E-state index in [1.54, 1.807) is 0 Å². The number of hydrogen-bond donors (Lipinski definition) is 5. The third-order valence-corrected chi connectivity index (χ3v) is 1.75. The highest BCUT2D eigenvalue weighted by Gasteiger charge is 2.31. The largest absolute Gasteiger partial charge is 0.394 e. The first-order valence-electron chi connectivity index (χ1n) is 4.70. The number of aldehydes is 1. The van der Waals surface area contributed by atoms with Gasteiger partial charge in [0, 0.05) is 6.92 Å². The first kappa shape index (κ1) is 12.1. The molecule has 0 bridgehead atoms. The van der Waals surface area contributed by atoms with Gasteiger partial charge in [0.1, 0.15) is 30.6 Å². The monoisotopic (exact) mass is 222 g/mol. The van der Waals surface area contributed by atoms with Crippen LogP contribution in [-0.4, -0.2) is 63.6 Å². The molecule has 0 unspecified atom stereocenters. The average molecular weight is 222 g/mol. The summed E-state index contributed by atoms with van der Waals surface area (Å²) < 4.78 is 7.14. The van der Waals surface area contributed by atoms with Gasteiger partial charge in [-0.3, -0.25) is 4.79 Å². The van der Waals surface area contributed by atoms with Crippen molar-refractivity contribution >= 4 is 12.2 Å². The molecule has 5 N–H and O–H groups in total. The van der Waals surface area contributed by atoms with Gasteiger partial charge in [0.25, 0.3) is 0 Å². The Kier molecular flexibility index (Phi) is 5.19. The zero-order valence-corrected chi connectivity index (χ0v) is 8.15. The molecule has 0 aliphatic heterocycles. The molecule has 0 aliphatic rings. The molecular formula is C8H15NO6. The molecule has 0 spiro atoms. The van der Waals surface area contributed by atoms with Crippen LogP contribution < -0.4 is 5.31 Å². The Labute approximate surface area is 87.8 Å². The van der Waals surface area contributed by atoms with E-state index in [1.807, 2.05) is 0 Å². The first-order chi connectivity index (χ1) is 7.36. The van der Waals surface area contributed by atoms with Gasteiger partial charge in [-0.1, -0.05) is 0 Å². The molecule has 0 aromatic rings. The zero-order valence-electron chi connectivity index (χ0n) is 9.15. The van der Waals surface area contributed by atoms with Crippen molar-refractivity contribution in [3.8, 4) is 0 Å². The van der Waals surface area contributed by atoms with Crippen molar-refractivity contribution < 1.29 is 31.4 Å². The molecule has 1 amide bonds. The molecule has 0 rings (SSSR count). The van der Waals surface area contributed by atoms with Crippen molar-refractivity contribution in [3.63, 3.8) is 0 Å². The van der Waals surface area contributed by atoms with Gasteiger partial charge in [-0.25, -0.2) is 0 Å². The minimum Gasteiger partial charge on any atom is -0.394 e. The van der Waals surface area contributed by atoms with Gasteiger partial charge in [-0.2, -0.15) is 0 Å². The number of nitrogens with one attached hydrogen (secondary N) is 1. The standard InChI is InChI=1S/C8H15NO6/c1-4(12)9-5(2-10)7(14)8(15)6(13)3-11/h2,5-8,11,13-15H,3H2,1H3,(H,9,12)/t5-,6+,7+,8+/m0/s1/i/hD. The van der Waals surface area contributed by atoms with Gasteiger partial charge in [0.15, 0.2) is 1.41 Å². The van der Waals surface area contributed by atoms with Crippen LogP contribution in [-0.2, 0) is 9.59 Å². The summed E-state index contributed by atoms with van der Waals surface area (Å²) in [4.78, 5) is 21.4. The van der Waals surface area contributed by atoms with Crippen LogP contribution in [0.25, 0.3) is 0 Å². The van der Waals surface area contributed by atoms with E-state index >= 15 is 0 Å². The number of hydrogen-bond acceptors (Lipinski definition) is 6. The van der Waals surface area contributed by atoms with Gasteiger partial charge in [-0.05, 0) is 0 Å². The van der Waals surface area contributed by atoms with Crippen LogP contribution in [0, 0.1) is 0 Å². The van der Waals surface area contributed by atoms with E-state index in [0.717, 1.165) is 6.92 Å². The lowest BCUT2D eigenvalue weighted by Crippen LogP contribution is -2.53. The second-order valence-electron chi connectivity index (χ2n) is 3.01. The normalized spacial score (nSPS) is 19.7. The van der Waals surface area contributed by atoms with Crippen molar-refractivity contribution in [1.29, 1.82) is 0 Å². The fraction of sp³-hybridized carbons (Fsp3) is 0.750. The number of amides is 1. The maximum atomic E-state index is 10.8. The fourth-order valence-corrected chi connectivity index (χ4v) is 0.935. The highest BCUT2D eigenvalue weighted by atomic mass is 16.4. The molecular weight excluding hydrogens is 206 g/mol. The van der Waals surface area contributed by atoms with Crippen LogP contribution in [0.1, 0.15) is 6.92 Å². The van der Waals surface area contributed by atoms with Crippen LogP contribution in [0.4, 0.5) is 0 Å². The van der Waals surface area contributed by atoms with Crippen LogP contribution in [0.2, 0.25) is 1.41 Å². The van der Waals surface area contributed by atoms with E-state index in [9.17, 15) is 19.8 Å². The number of rotatable bonds is 6. The summed E-state index contributed by atoms with van der Waals surface area (Å²) in [6.45, 7) is 0.187. The van der Waals surface area contributed by atoms with Gasteiger partial charge in [0.05, 0.1) is 6.61 Å². The Morgan fingerprint density at radius 3 is 2.33 bits per heavy atom. The van der Waals surface area contributed by atoms with E-state index in [-0.39, 0.29) is 11.6 Å². The van der Waals surface area contributed by atoms with E-state index in [4.69, 9.17) is 11.6 Å². The molecule has 0 fully saturated rings. The van der Waals surface area contributed by atoms with Crippen molar-refractivity contribution in [2.45, 2.75) is 31.3 Å².